The highest BCUT2D eigenvalue weighted by Crippen LogP contribution is 2.62. The van der Waals surface area contributed by atoms with Gasteiger partial charge in [-0.3, -0.25) is 9.59 Å². The molecule has 0 saturated heterocycles. The van der Waals surface area contributed by atoms with Crippen molar-refractivity contribution in [2.75, 3.05) is 13.2 Å². The van der Waals surface area contributed by atoms with Gasteiger partial charge in [-0.05, 0) is 49.4 Å². The minimum absolute atomic E-state index is 0.0134. The van der Waals surface area contributed by atoms with Crippen LogP contribution in [0.1, 0.15) is 66.2 Å². The lowest BCUT2D eigenvalue weighted by molar-refractivity contribution is -0.182. The first-order valence-corrected chi connectivity index (χ1v) is 9.34. The number of ether oxygens (including phenoxy) is 2. The Labute approximate surface area is 140 Å². The number of unbranched alkanes of at least 4 members (excludes halogenated alkanes) is 2. The van der Waals surface area contributed by atoms with Crippen LogP contribution in [0.15, 0.2) is 0 Å². The summed E-state index contributed by atoms with van der Waals surface area (Å²) in [6.45, 7) is 9.20. The second-order valence-electron chi connectivity index (χ2n) is 7.45. The Morgan fingerprint density at radius 2 is 1.48 bits per heavy atom. The minimum atomic E-state index is -1.06. The lowest BCUT2D eigenvalue weighted by Gasteiger charge is -2.40. The number of esters is 2. The van der Waals surface area contributed by atoms with E-state index in [1.54, 1.807) is 0 Å². The van der Waals surface area contributed by atoms with Gasteiger partial charge in [0.15, 0.2) is 5.41 Å². The molecule has 0 aromatic carbocycles. The van der Waals surface area contributed by atoms with Crippen molar-refractivity contribution in [1.29, 1.82) is 0 Å². The molecule has 2 bridgehead atoms. The first-order valence-electron chi connectivity index (χ1n) is 9.34. The maximum Gasteiger partial charge on any atom is 0.324 e. The summed E-state index contributed by atoms with van der Waals surface area (Å²) in [7, 11) is 0. The summed E-state index contributed by atoms with van der Waals surface area (Å²) in [6.07, 6.45) is 5.51. The predicted molar refractivity (Wildman–Crippen MR) is 88.7 cm³/mol. The van der Waals surface area contributed by atoms with Gasteiger partial charge in [-0.25, -0.2) is 0 Å². The molecule has 132 valence electrons. The van der Waals surface area contributed by atoms with E-state index in [-0.39, 0.29) is 23.8 Å². The van der Waals surface area contributed by atoms with Gasteiger partial charge in [0.05, 0.1) is 13.2 Å². The van der Waals surface area contributed by atoms with Crippen molar-refractivity contribution in [3.05, 3.63) is 0 Å². The standard InChI is InChI=1S/C19H32O4/c1-5-7-9-22-17(20)19(18(21)23-10-8-6-2)14(4)16-12-15(19)11-13(16)3/h13-16H,5-12H2,1-4H3. The number of hydrogen-bond acceptors (Lipinski definition) is 4. The Morgan fingerprint density at radius 1 is 0.957 bits per heavy atom. The average Bonchev–Trinajstić information content (AvgIpc) is 3.02. The molecule has 0 heterocycles. The van der Waals surface area contributed by atoms with Gasteiger partial charge in [0.2, 0.25) is 0 Å². The van der Waals surface area contributed by atoms with Gasteiger partial charge in [-0.2, -0.15) is 0 Å². The van der Waals surface area contributed by atoms with E-state index in [0.717, 1.165) is 38.5 Å². The summed E-state index contributed by atoms with van der Waals surface area (Å²) in [6, 6.07) is 0. The maximum absolute atomic E-state index is 12.9. The number of rotatable bonds is 8. The number of carbonyl (C=O) groups is 2. The highest BCUT2D eigenvalue weighted by molar-refractivity contribution is 6.01. The highest BCUT2D eigenvalue weighted by Gasteiger charge is 2.68. The van der Waals surface area contributed by atoms with Crippen molar-refractivity contribution in [3.8, 4) is 0 Å². The fraction of sp³-hybridized carbons (Fsp3) is 0.895. The number of fused-ring (bicyclic) bond motifs is 2. The molecule has 23 heavy (non-hydrogen) atoms. The zero-order valence-electron chi connectivity index (χ0n) is 15.1. The van der Waals surface area contributed by atoms with Crippen LogP contribution in [0.25, 0.3) is 0 Å². The first-order chi connectivity index (χ1) is 11.0. The molecule has 4 unspecified atom stereocenters. The first kappa shape index (κ1) is 18.3. The summed E-state index contributed by atoms with van der Waals surface area (Å²) in [5.74, 6) is 0.436. The predicted octanol–water partition coefficient (Wildman–Crippen LogP) is 3.97. The maximum atomic E-state index is 12.9. The second kappa shape index (κ2) is 7.67. The Balaban J connectivity index is 2.18. The van der Waals surface area contributed by atoms with Gasteiger partial charge in [-0.15, -0.1) is 0 Å². The van der Waals surface area contributed by atoms with Crippen LogP contribution in [0.3, 0.4) is 0 Å². The molecule has 0 aromatic rings. The van der Waals surface area contributed by atoms with Crippen molar-refractivity contribution in [2.24, 2.45) is 29.1 Å². The van der Waals surface area contributed by atoms with E-state index in [1.165, 1.54) is 0 Å². The normalized spacial score (nSPS) is 31.1. The zero-order chi connectivity index (χ0) is 17.0. The molecule has 2 aliphatic carbocycles. The highest BCUT2D eigenvalue weighted by atomic mass is 16.6. The Morgan fingerprint density at radius 3 is 1.87 bits per heavy atom. The minimum Gasteiger partial charge on any atom is -0.465 e. The molecule has 4 nitrogen and oxygen atoms in total. The lowest BCUT2D eigenvalue weighted by Crippen LogP contribution is -2.52. The third-order valence-corrected chi connectivity index (χ3v) is 6.09. The molecule has 0 aromatic heterocycles. The number of hydrogen-bond donors (Lipinski definition) is 0. The van der Waals surface area contributed by atoms with Gasteiger partial charge in [0, 0.05) is 0 Å². The lowest BCUT2D eigenvalue weighted by atomic mass is 9.64. The molecule has 2 fully saturated rings. The SMILES string of the molecule is CCCCOC(=O)C1(C(=O)OCCCC)C2CC(C)C(C2)C1C. The Hall–Kier alpha value is -1.06. The molecule has 0 amide bonds. The smallest absolute Gasteiger partial charge is 0.324 e. The second-order valence-corrected chi connectivity index (χ2v) is 7.45. The van der Waals surface area contributed by atoms with Gasteiger partial charge < -0.3 is 9.47 Å². The molecule has 4 atom stereocenters. The fourth-order valence-corrected chi connectivity index (χ4v) is 4.70. The largest absolute Gasteiger partial charge is 0.465 e. The zero-order valence-corrected chi connectivity index (χ0v) is 15.1. The molecule has 2 aliphatic rings. The van der Waals surface area contributed by atoms with Crippen molar-refractivity contribution in [3.63, 3.8) is 0 Å². The third-order valence-electron chi connectivity index (χ3n) is 6.09. The Kier molecular flexibility index (Phi) is 6.10. The fourth-order valence-electron chi connectivity index (χ4n) is 4.70. The van der Waals surface area contributed by atoms with E-state index < -0.39 is 5.41 Å². The molecular formula is C19H32O4. The van der Waals surface area contributed by atoms with E-state index in [0.29, 0.717) is 25.0 Å². The summed E-state index contributed by atoms with van der Waals surface area (Å²) in [4.78, 5) is 25.8. The van der Waals surface area contributed by atoms with Crippen LogP contribution in [0, 0.1) is 29.1 Å². The van der Waals surface area contributed by atoms with Crippen LogP contribution in [0.5, 0.6) is 0 Å². The van der Waals surface area contributed by atoms with Crippen LogP contribution in [-0.4, -0.2) is 25.2 Å². The van der Waals surface area contributed by atoms with Gasteiger partial charge in [0.1, 0.15) is 0 Å². The Bertz CT molecular complexity index is 405. The molecular weight excluding hydrogens is 292 g/mol. The molecule has 0 spiro atoms. The molecule has 4 heteroatoms. The molecule has 0 aliphatic heterocycles. The van der Waals surface area contributed by atoms with Gasteiger partial charge in [0.25, 0.3) is 0 Å². The monoisotopic (exact) mass is 324 g/mol. The van der Waals surface area contributed by atoms with Crippen LogP contribution < -0.4 is 0 Å². The average molecular weight is 324 g/mol. The van der Waals surface area contributed by atoms with Gasteiger partial charge >= 0.3 is 11.9 Å². The molecule has 0 radical (unpaired) electrons. The van der Waals surface area contributed by atoms with E-state index in [9.17, 15) is 9.59 Å². The van der Waals surface area contributed by atoms with Gasteiger partial charge in [-0.1, -0.05) is 40.5 Å². The van der Waals surface area contributed by atoms with Crippen molar-refractivity contribution < 1.29 is 19.1 Å². The van der Waals surface area contributed by atoms with E-state index in [1.807, 2.05) is 6.92 Å². The molecule has 0 N–H and O–H groups in total. The number of carbonyl (C=O) groups excluding carboxylic acids is 2. The van der Waals surface area contributed by atoms with E-state index in [4.69, 9.17) is 9.47 Å². The third kappa shape index (κ3) is 3.14. The topological polar surface area (TPSA) is 52.6 Å². The summed E-state index contributed by atoms with van der Waals surface area (Å²) >= 11 is 0. The van der Waals surface area contributed by atoms with Crippen LogP contribution >= 0.6 is 0 Å². The van der Waals surface area contributed by atoms with Crippen molar-refractivity contribution in [1.82, 2.24) is 0 Å². The van der Waals surface area contributed by atoms with Crippen molar-refractivity contribution >= 4 is 11.9 Å². The quantitative estimate of drug-likeness (QED) is 0.385. The van der Waals surface area contributed by atoms with Crippen LogP contribution in [-0.2, 0) is 19.1 Å². The molecule has 2 saturated carbocycles. The van der Waals surface area contributed by atoms with E-state index >= 15 is 0 Å². The van der Waals surface area contributed by atoms with Crippen LogP contribution in [0.4, 0.5) is 0 Å². The van der Waals surface area contributed by atoms with Crippen LogP contribution in [0.2, 0.25) is 0 Å². The molecule has 2 rings (SSSR count). The summed E-state index contributed by atoms with van der Waals surface area (Å²) in [5.41, 5.74) is -1.06. The van der Waals surface area contributed by atoms with Crippen molar-refractivity contribution in [2.45, 2.75) is 66.2 Å². The summed E-state index contributed by atoms with van der Waals surface area (Å²) in [5, 5.41) is 0. The van der Waals surface area contributed by atoms with E-state index in [2.05, 4.69) is 20.8 Å². The summed E-state index contributed by atoms with van der Waals surface area (Å²) < 4.78 is 11.0.